The maximum absolute atomic E-state index is 13.2. The molecule has 28 heavy (non-hydrogen) atoms. The lowest BCUT2D eigenvalue weighted by Crippen LogP contribution is -2.48. The van der Waals surface area contributed by atoms with E-state index in [-0.39, 0.29) is 23.3 Å². The third-order valence-corrected chi connectivity index (χ3v) is 5.71. The van der Waals surface area contributed by atoms with E-state index in [0.29, 0.717) is 19.5 Å². The zero-order chi connectivity index (χ0) is 19.7. The number of halogens is 3. The predicted molar refractivity (Wildman–Crippen MR) is 101 cm³/mol. The highest BCUT2D eigenvalue weighted by molar-refractivity contribution is 5.83. The van der Waals surface area contributed by atoms with Gasteiger partial charge in [0.2, 0.25) is 5.91 Å². The van der Waals surface area contributed by atoms with Gasteiger partial charge in [-0.05, 0) is 29.5 Å². The van der Waals surface area contributed by atoms with Crippen molar-refractivity contribution in [3.63, 3.8) is 0 Å². The highest BCUT2D eigenvalue weighted by atomic mass is 19.4. The average molecular weight is 388 g/mol. The number of benzene rings is 2. The smallest absolute Gasteiger partial charge is 0.340 e. The molecule has 148 valence electrons. The van der Waals surface area contributed by atoms with Crippen molar-refractivity contribution in [2.75, 3.05) is 26.2 Å². The molecule has 1 saturated heterocycles. The number of carbonyl (C=O) groups is 1. The monoisotopic (exact) mass is 388 g/mol. The molecule has 0 N–H and O–H groups in total. The Morgan fingerprint density at radius 3 is 2.25 bits per heavy atom. The number of rotatable bonds is 4. The van der Waals surface area contributed by atoms with Crippen molar-refractivity contribution in [1.29, 1.82) is 0 Å². The van der Waals surface area contributed by atoms with Crippen LogP contribution in [0.5, 0.6) is 0 Å². The maximum atomic E-state index is 13.2. The Morgan fingerprint density at radius 1 is 0.929 bits per heavy atom. The fraction of sp³-hybridized carbons (Fsp3) is 0.409. The first-order valence-electron chi connectivity index (χ1n) is 9.64. The summed E-state index contributed by atoms with van der Waals surface area (Å²) in [6, 6.07) is 15.8. The molecular weight excluding hydrogens is 365 g/mol. The Kier molecular flexibility index (Phi) is 5.15. The molecule has 1 heterocycles. The van der Waals surface area contributed by atoms with E-state index >= 15 is 0 Å². The van der Waals surface area contributed by atoms with Gasteiger partial charge < -0.3 is 4.90 Å². The van der Waals surface area contributed by atoms with Gasteiger partial charge in [-0.1, -0.05) is 48.5 Å². The van der Waals surface area contributed by atoms with E-state index in [0.717, 1.165) is 25.7 Å². The Bertz CT molecular complexity index is 829. The molecule has 2 fully saturated rings. The van der Waals surface area contributed by atoms with Gasteiger partial charge in [0, 0.05) is 38.6 Å². The van der Waals surface area contributed by atoms with Gasteiger partial charge in [-0.3, -0.25) is 9.69 Å². The number of amides is 1. The van der Waals surface area contributed by atoms with Crippen LogP contribution in [0, 0.1) is 5.92 Å². The molecule has 2 atom stereocenters. The second-order valence-electron chi connectivity index (χ2n) is 7.62. The van der Waals surface area contributed by atoms with Crippen LogP contribution in [0.3, 0.4) is 0 Å². The number of nitrogens with zero attached hydrogens (tertiary/aromatic N) is 2. The molecule has 6 heteroatoms. The summed E-state index contributed by atoms with van der Waals surface area (Å²) in [5, 5.41) is 0. The number of hydrogen-bond acceptors (Lipinski definition) is 2. The van der Waals surface area contributed by atoms with Gasteiger partial charge in [-0.15, -0.1) is 0 Å². The summed E-state index contributed by atoms with van der Waals surface area (Å²) in [5.41, 5.74) is 0.896. The number of piperazine rings is 1. The Balaban J connectivity index is 1.34. The van der Waals surface area contributed by atoms with Crippen LogP contribution < -0.4 is 0 Å². The molecule has 1 aliphatic carbocycles. The van der Waals surface area contributed by atoms with E-state index in [2.05, 4.69) is 17.0 Å². The van der Waals surface area contributed by atoms with Crippen LogP contribution >= 0.6 is 0 Å². The summed E-state index contributed by atoms with van der Waals surface area (Å²) in [4.78, 5) is 16.9. The summed E-state index contributed by atoms with van der Waals surface area (Å²) in [5.74, 6) is -0.627. The minimum atomic E-state index is -4.38. The quantitative estimate of drug-likeness (QED) is 0.786. The van der Waals surface area contributed by atoms with Crippen LogP contribution in [0.4, 0.5) is 13.2 Å². The summed E-state index contributed by atoms with van der Waals surface area (Å²) in [7, 11) is 0. The van der Waals surface area contributed by atoms with Crippen molar-refractivity contribution in [3.8, 4) is 0 Å². The van der Waals surface area contributed by atoms with Crippen LogP contribution in [0.1, 0.15) is 29.0 Å². The first-order valence-corrected chi connectivity index (χ1v) is 9.64. The van der Waals surface area contributed by atoms with Crippen molar-refractivity contribution >= 4 is 5.91 Å². The van der Waals surface area contributed by atoms with Gasteiger partial charge in [0.25, 0.3) is 0 Å². The van der Waals surface area contributed by atoms with E-state index in [4.69, 9.17) is 0 Å². The van der Waals surface area contributed by atoms with Gasteiger partial charge in [0.15, 0.2) is 0 Å². The molecule has 1 saturated carbocycles. The SMILES string of the molecule is O=C(C1CC1c1ccccc1C(F)(F)F)N1CCN(Cc2ccccc2)CC1. The molecule has 1 aliphatic heterocycles. The lowest BCUT2D eigenvalue weighted by molar-refractivity contribution is -0.139. The number of carbonyl (C=O) groups excluding carboxylic acids is 1. The third-order valence-electron chi connectivity index (χ3n) is 5.71. The van der Waals surface area contributed by atoms with Crippen molar-refractivity contribution in [2.45, 2.75) is 25.1 Å². The molecule has 2 unspecified atom stereocenters. The largest absolute Gasteiger partial charge is 0.416 e. The third kappa shape index (κ3) is 4.07. The Labute approximate surface area is 162 Å². The van der Waals surface area contributed by atoms with Gasteiger partial charge in [-0.2, -0.15) is 13.2 Å². The van der Waals surface area contributed by atoms with E-state index in [1.54, 1.807) is 6.07 Å². The van der Waals surface area contributed by atoms with E-state index in [9.17, 15) is 18.0 Å². The highest BCUT2D eigenvalue weighted by Crippen LogP contribution is 2.51. The van der Waals surface area contributed by atoms with Crippen LogP contribution in [0.25, 0.3) is 0 Å². The molecule has 3 nitrogen and oxygen atoms in total. The Hall–Kier alpha value is -2.34. The van der Waals surface area contributed by atoms with Gasteiger partial charge in [-0.25, -0.2) is 0 Å². The molecule has 0 aromatic heterocycles. The highest BCUT2D eigenvalue weighted by Gasteiger charge is 2.49. The molecule has 0 radical (unpaired) electrons. The minimum absolute atomic E-state index is 0.00124. The summed E-state index contributed by atoms with van der Waals surface area (Å²) < 4.78 is 39.7. The second-order valence-corrected chi connectivity index (χ2v) is 7.62. The maximum Gasteiger partial charge on any atom is 0.416 e. The fourth-order valence-electron chi connectivity index (χ4n) is 4.09. The molecule has 0 spiro atoms. The first-order chi connectivity index (χ1) is 13.4. The van der Waals surface area contributed by atoms with E-state index in [1.807, 2.05) is 23.1 Å². The zero-order valence-electron chi connectivity index (χ0n) is 15.5. The Morgan fingerprint density at radius 2 is 1.57 bits per heavy atom. The predicted octanol–water partition coefficient (Wildman–Crippen LogP) is 4.15. The fourth-order valence-corrected chi connectivity index (χ4v) is 4.09. The van der Waals surface area contributed by atoms with Gasteiger partial charge in [0.05, 0.1) is 5.56 Å². The van der Waals surface area contributed by atoms with Crippen LogP contribution in [0.2, 0.25) is 0 Å². The molecular formula is C22H23F3N2O. The van der Waals surface area contributed by atoms with E-state index in [1.165, 1.54) is 17.7 Å². The number of hydrogen-bond donors (Lipinski definition) is 0. The molecule has 2 aromatic rings. The molecule has 2 aliphatic rings. The normalized spacial score (nSPS) is 22.9. The lowest BCUT2D eigenvalue weighted by Gasteiger charge is -2.35. The number of alkyl halides is 3. The minimum Gasteiger partial charge on any atom is -0.340 e. The van der Waals surface area contributed by atoms with Crippen molar-refractivity contribution in [2.24, 2.45) is 5.92 Å². The van der Waals surface area contributed by atoms with Crippen LogP contribution in [-0.4, -0.2) is 41.9 Å². The molecule has 1 amide bonds. The van der Waals surface area contributed by atoms with Crippen molar-refractivity contribution in [1.82, 2.24) is 9.80 Å². The van der Waals surface area contributed by atoms with Crippen molar-refractivity contribution < 1.29 is 18.0 Å². The van der Waals surface area contributed by atoms with Gasteiger partial charge >= 0.3 is 6.18 Å². The summed E-state index contributed by atoms with van der Waals surface area (Å²) in [6.07, 6.45) is -3.87. The van der Waals surface area contributed by atoms with Crippen LogP contribution in [-0.2, 0) is 17.5 Å². The zero-order valence-corrected chi connectivity index (χ0v) is 15.5. The average Bonchev–Trinajstić information content (AvgIpc) is 3.49. The summed E-state index contributed by atoms with van der Waals surface area (Å²) in [6.45, 7) is 3.70. The second kappa shape index (κ2) is 7.59. The standard InChI is InChI=1S/C22H23F3N2O/c23-22(24,25)20-9-5-4-8-17(20)18-14-19(18)21(28)27-12-10-26(11-13-27)15-16-6-2-1-3-7-16/h1-9,18-19H,10-15H2. The van der Waals surface area contributed by atoms with Crippen molar-refractivity contribution in [3.05, 3.63) is 71.3 Å². The molecule has 4 rings (SSSR count). The van der Waals surface area contributed by atoms with Crippen LogP contribution in [0.15, 0.2) is 54.6 Å². The molecule has 0 bridgehead atoms. The molecule has 2 aromatic carbocycles. The topological polar surface area (TPSA) is 23.6 Å². The van der Waals surface area contributed by atoms with Gasteiger partial charge in [0.1, 0.15) is 0 Å². The lowest BCUT2D eigenvalue weighted by atomic mass is 10.0. The first kappa shape index (κ1) is 19.0. The summed E-state index contributed by atoms with van der Waals surface area (Å²) >= 11 is 0. The van der Waals surface area contributed by atoms with E-state index < -0.39 is 11.7 Å².